The second kappa shape index (κ2) is 6.90. The van der Waals surface area contributed by atoms with Crippen LogP contribution in [0.2, 0.25) is 0 Å². The lowest BCUT2D eigenvalue weighted by Gasteiger charge is -2.44. The Morgan fingerprint density at radius 3 is 2.33 bits per heavy atom. The highest BCUT2D eigenvalue weighted by molar-refractivity contribution is 7.88. The monoisotopic (exact) mass is 354 g/mol. The molecule has 2 atom stereocenters. The van der Waals surface area contributed by atoms with E-state index in [-0.39, 0.29) is 5.91 Å². The Morgan fingerprint density at radius 2 is 1.88 bits per heavy atom. The molecule has 1 aliphatic heterocycles. The molecule has 0 bridgehead atoms. The highest BCUT2D eigenvalue weighted by atomic mass is 32.2. The number of piperazine rings is 1. The molecule has 7 nitrogen and oxygen atoms in total. The first-order chi connectivity index (χ1) is 11.2. The van der Waals surface area contributed by atoms with Crippen LogP contribution in [0.1, 0.15) is 30.5 Å². The molecule has 8 heteroatoms. The van der Waals surface area contributed by atoms with E-state index in [2.05, 4.69) is 0 Å². The number of nitrogens with zero attached hydrogens (tertiary/aromatic N) is 2. The van der Waals surface area contributed by atoms with Gasteiger partial charge in [0, 0.05) is 6.54 Å². The lowest BCUT2D eigenvalue weighted by Crippen LogP contribution is -2.61. The van der Waals surface area contributed by atoms with E-state index in [0.29, 0.717) is 18.5 Å². The maximum Gasteiger partial charge on any atom is 0.324 e. The second-order valence-electron chi connectivity index (χ2n) is 6.03. The predicted octanol–water partition coefficient (Wildman–Crippen LogP) is 1.00. The molecule has 1 saturated heterocycles. The van der Waals surface area contributed by atoms with Crippen LogP contribution in [0.3, 0.4) is 0 Å². The number of carbonyl (C=O) groups is 2. The van der Waals surface area contributed by atoms with Gasteiger partial charge >= 0.3 is 5.97 Å². The van der Waals surface area contributed by atoms with Gasteiger partial charge in [0.1, 0.15) is 6.04 Å². The van der Waals surface area contributed by atoms with E-state index in [9.17, 15) is 23.1 Å². The third-order valence-corrected chi connectivity index (χ3v) is 5.33. The van der Waals surface area contributed by atoms with Crippen molar-refractivity contribution in [1.82, 2.24) is 9.21 Å². The van der Waals surface area contributed by atoms with E-state index < -0.39 is 34.6 Å². The second-order valence-corrected chi connectivity index (χ2v) is 7.97. The first kappa shape index (κ1) is 18.4. The number of aryl methyl sites for hydroxylation is 1. The molecule has 24 heavy (non-hydrogen) atoms. The van der Waals surface area contributed by atoms with Crippen LogP contribution in [0.15, 0.2) is 24.3 Å². The van der Waals surface area contributed by atoms with Crippen molar-refractivity contribution in [2.45, 2.75) is 32.4 Å². The van der Waals surface area contributed by atoms with Gasteiger partial charge in [-0.2, -0.15) is 4.31 Å². The van der Waals surface area contributed by atoms with Gasteiger partial charge in [-0.25, -0.2) is 8.42 Å². The van der Waals surface area contributed by atoms with E-state index in [1.54, 1.807) is 12.1 Å². The zero-order chi connectivity index (χ0) is 18.1. The molecule has 2 rings (SSSR count). The molecule has 132 valence electrons. The van der Waals surface area contributed by atoms with E-state index in [1.807, 2.05) is 26.0 Å². The number of carboxylic acids is 1. The van der Waals surface area contributed by atoms with E-state index in [1.165, 1.54) is 4.90 Å². The standard InChI is InChI=1S/C16H22N2O5S/c1-4-9-17-13(19)10-18(24(3,22)23)15(16(20)21)14(17)12-7-5-11(2)6-8-12/h5-8,14-15H,4,9-10H2,1-3H3,(H,20,21). The predicted molar refractivity (Wildman–Crippen MR) is 88.9 cm³/mol. The molecule has 0 aromatic heterocycles. The molecule has 1 aromatic carbocycles. The minimum absolute atomic E-state index is 0.374. The summed E-state index contributed by atoms with van der Waals surface area (Å²) in [6, 6.07) is 4.95. The van der Waals surface area contributed by atoms with Crippen molar-refractivity contribution >= 4 is 21.9 Å². The van der Waals surface area contributed by atoms with Gasteiger partial charge in [-0.05, 0) is 18.9 Å². The van der Waals surface area contributed by atoms with Gasteiger partial charge in [0.15, 0.2) is 0 Å². The average Bonchev–Trinajstić information content (AvgIpc) is 2.48. The number of sulfonamides is 1. The van der Waals surface area contributed by atoms with Crippen molar-refractivity contribution in [2.75, 3.05) is 19.3 Å². The zero-order valence-electron chi connectivity index (χ0n) is 14.0. The third-order valence-electron chi connectivity index (χ3n) is 4.12. The Hall–Kier alpha value is -1.93. The van der Waals surface area contributed by atoms with E-state index in [4.69, 9.17) is 0 Å². The molecule has 0 radical (unpaired) electrons. The van der Waals surface area contributed by atoms with Crippen LogP contribution in [0.5, 0.6) is 0 Å². The molecule has 1 heterocycles. The van der Waals surface area contributed by atoms with Crippen molar-refractivity contribution in [3.8, 4) is 0 Å². The first-order valence-electron chi connectivity index (χ1n) is 7.72. The topological polar surface area (TPSA) is 95.0 Å². The molecule has 1 N–H and O–H groups in total. The molecule has 0 saturated carbocycles. The summed E-state index contributed by atoms with van der Waals surface area (Å²) in [7, 11) is -3.84. The Labute approximate surface area is 141 Å². The fourth-order valence-corrected chi connectivity index (χ4v) is 3.98. The third kappa shape index (κ3) is 3.59. The van der Waals surface area contributed by atoms with Crippen LogP contribution < -0.4 is 0 Å². The molecular weight excluding hydrogens is 332 g/mol. The Balaban J connectivity index is 2.60. The van der Waals surface area contributed by atoms with Gasteiger partial charge in [-0.1, -0.05) is 36.8 Å². The van der Waals surface area contributed by atoms with E-state index in [0.717, 1.165) is 16.1 Å². The Morgan fingerprint density at radius 1 is 1.29 bits per heavy atom. The lowest BCUT2D eigenvalue weighted by molar-refractivity contribution is -0.153. The first-order valence-corrected chi connectivity index (χ1v) is 9.57. The van der Waals surface area contributed by atoms with Crippen molar-refractivity contribution in [3.05, 3.63) is 35.4 Å². The maximum absolute atomic E-state index is 12.5. The molecule has 1 aromatic rings. The normalized spacial score (nSPS) is 22.6. The molecule has 1 amide bonds. The Bertz CT molecular complexity index is 729. The summed E-state index contributed by atoms with van der Waals surface area (Å²) >= 11 is 0. The SMILES string of the molecule is CCCN1C(=O)CN(S(C)(=O)=O)C(C(=O)O)C1c1ccc(C)cc1. The number of hydrogen-bond acceptors (Lipinski definition) is 4. The van der Waals surface area contributed by atoms with Crippen LogP contribution in [0.25, 0.3) is 0 Å². The minimum atomic E-state index is -3.84. The van der Waals surface area contributed by atoms with Gasteiger partial charge in [0.25, 0.3) is 0 Å². The number of carboxylic acid groups (broad SMARTS) is 1. The van der Waals surface area contributed by atoms with Gasteiger partial charge < -0.3 is 10.0 Å². The number of rotatable bonds is 5. The molecule has 2 unspecified atom stereocenters. The zero-order valence-corrected chi connectivity index (χ0v) is 14.8. The fourth-order valence-electron chi connectivity index (χ4n) is 3.02. The fraction of sp³-hybridized carbons (Fsp3) is 0.500. The summed E-state index contributed by atoms with van der Waals surface area (Å²) in [6.45, 7) is 3.71. The summed E-state index contributed by atoms with van der Waals surface area (Å²) < 4.78 is 24.9. The molecule has 1 fully saturated rings. The Kier molecular flexibility index (Phi) is 5.29. The van der Waals surface area contributed by atoms with Crippen LogP contribution >= 0.6 is 0 Å². The highest BCUT2D eigenvalue weighted by Crippen LogP contribution is 2.33. The summed E-state index contributed by atoms with van der Waals surface area (Å²) in [5.74, 6) is -1.65. The van der Waals surface area contributed by atoms with Crippen LogP contribution in [0.4, 0.5) is 0 Å². The van der Waals surface area contributed by atoms with Crippen LogP contribution in [-0.4, -0.2) is 60.0 Å². The summed E-state index contributed by atoms with van der Waals surface area (Å²) in [5.41, 5.74) is 1.61. The molecule has 1 aliphatic rings. The number of carbonyl (C=O) groups excluding carboxylic acids is 1. The van der Waals surface area contributed by atoms with Gasteiger partial charge in [-0.3, -0.25) is 9.59 Å². The van der Waals surface area contributed by atoms with Crippen molar-refractivity contribution < 1.29 is 23.1 Å². The van der Waals surface area contributed by atoms with Crippen molar-refractivity contribution in [1.29, 1.82) is 0 Å². The van der Waals surface area contributed by atoms with Crippen molar-refractivity contribution in [2.24, 2.45) is 0 Å². The van der Waals surface area contributed by atoms with E-state index >= 15 is 0 Å². The molecule has 0 aliphatic carbocycles. The maximum atomic E-state index is 12.5. The summed E-state index contributed by atoms with van der Waals surface area (Å²) in [6.07, 6.45) is 1.58. The van der Waals surface area contributed by atoms with Crippen LogP contribution in [-0.2, 0) is 19.6 Å². The van der Waals surface area contributed by atoms with Gasteiger partial charge in [0.2, 0.25) is 15.9 Å². The lowest BCUT2D eigenvalue weighted by atomic mass is 9.94. The number of aliphatic carboxylic acids is 1. The molecule has 0 spiro atoms. The quantitative estimate of drug-likeness (QED) is 0.851. The number of amides is 1. The minimum Gasteiger partial charge on any atom is -0.480 e. The van der Waals surface area contributed by atoms with Crippen LogP contribution in [0, 0.1) is 6.92 Å². The van der Waals surface area contributed by atoms with Gasteiger partial charge in [0.05, 0.1) is 18.8 Å². The summed E-state index contributed by atoms with van der Waals surface area (Å²) in [4.78, 5) is 25.8. The highest BCUT2D eigenvalue weighted by Gasteiger charge is 2.48. The van der Waals surface area contributed by atoms with Crippen molar-refractivity contribution in [3.63, 3.8) is 0 Å². The summed E-state index contributed by atoms with van der Waals surface area (Å²) in [5, 5.41) is 9.69. The smallest absolute Gasteiger partial charge is 0.324 e. The largest absolute Gasteiger partial charge is 0.480 e. The molecular formula is C16H22N2O5S. The number of benzene rings is 1. The number of hydrogen-bond donors (Lipinski definition) is 1. The van der Waals surface area contributed by atoms with Gasteiger partial charge in [-0.15, -0.1) is 0 Å². The average molecular weight is 354 g/mol.